The van der Waals surface area contributed by atoms with Crippen molar-refractivity contribution in [2.24, 2.45) is 5.73 Å². The molecule has 0 bridgehead atoms. The van der Waals surface area contributed by atoms with Crippen LogP contribution < -0.4 is 10.6 Å². The van der Waals surface area contributed by atoms with Crippen LogP contribution in [-0.4, -0.2) is 50.7 Å². The van der Waals surface area contributed by atoms with Gasteiger partial charge in [0.15, 0.2) is 0 Å². The van der Waals surface area contributed by atoms with Crippen LogP contribution in [0, 0.1) is 0 Å². The van der Waals surface area contributed by atoms with Gasteiger partial charge in [0.25, 0.3) is 0 Å². The minimum Gasteiger partial charge on any atom is -0.468 e. The van der Waals surface area contributed by atoms with E-state index in [2.05, 4.69) is 0 Å². The second-order valence-electron chi connectivity index (χ2n) is 7.45. The van der Waals surface area contributed by atoms with Gasteiger partial charge in [0.2, 0.25) is 11.8 Å². The first kappa shape index (κ1) is 22.9. The van der Waals surface area contributed by atoms with Gasteiger partial charge >= 0.3 is 17.9 Å². The molecule has 32 heavy (non-hydrogen) atoms. The highest BCUT2D eigenvalue weighted by atomic mass is 16.5. The first-order chi connectivity index (χ1) is 15.1. The Bertz CT molecular complexity index is 1070. The van der Waals surface area contributed by atoms with E-state index in [1.807, 2.05) is 0 Å². The number of hydrogen-bond acceptors (Lipinski definition) is 9. The number of hydrogen-bond donors (Lipinski definition) is 1. The SMILES string of the molecule is COC(=O)CN1C(=O)[C@]2(C(C(=O)OC(C)C)=C(C)OC(N)=C2C(=O)OC)c2ccccc21. The fourth-order valence-corrected chi connectivity index (χ4v) is 4.05. The van der Waals surface area contributed by atoms with E-state index in [-0.39, 0.29) is 22.5 Å². The topological polar surface area (TPSA) is 134 Å². The van der Waals surface area contributed by atoms with Crippen LogP contribution in [-0.2, 0) is 43.5 Å². The van der Waals surface area contributed by atoms with Crippen molar-refractivity contribution in [3.8, 4) is 0 Å². The van der Waals surface area contributed by atoms with Gasteiger partial charge in [0.05, 0.1) is 20.3 Å². The number of carbonyl (C=O) groups excluding carboxylic acids is 4. The van der Waals surface area contributed by atoms with Crippen LogP contribution in [0.2, 0.25) is 0 Å². The van der Waals surface area contributed by atoms with Crippen LogP contribution in [0.4, 0.5) is 5.69 Å². The fourth-order valence-electron chi connectivity index (χ4n) is 4.05. The van der Waals surface area contributed by atoms with Gasteiger partial charge in [-0.05, 0) is 26.8 Å². The summed E-state index contributed by atoms with van der Waals surface area (Å²) >= 11 is 0. The lowest BCUT2D eigenvalue weighted by atomic mass is 9.67. The number of nitrogens with zero attached hydrogens (tertiary/aromatic N) is 1. The molecule has 3 rings (SSSR count). The van der Waals surface area contributed by atoms with E-state index in [0.717, 1.165) is 12.0 Å². The molecule has 1 atom stereocenters. The molecule has 0 aliphatic carbocycles. The van der Waals surface area contributed by atoms with Gasteiger partial charge in [-0.3, -0.25) is 14.5 Å². The molecule has 2 aliphatic rings. The minimum absolute atomic E-state index is 0.0103. The Hall–Kier alpha value is -3.82. The van der Waals surface area contributed by atoms with E-state index >= 15 is 0 Å². The number of allylic oxidation sites excluding steroid dienone is 1. The normalized spacial score (nSPS) is 19.8. The van der Waals surface area contributed by atoms with Crippen molar-refractivity contribution in [2.75, 3.05) is 25.7 Å². The Morgan fingerprint density at radius 1 is 1.09 bits per heavy atom. The molecule has 0 radical (unpaired) electrons. The van der Waals surface area contributed by atoms with Crippen molar-refractivity contribution in [3.63, 3.8) is 0 Å². The number of fused-ring (bicyclic) bond motifs is 2. The van der Waals surface area contributed by atoms with E-state index in [1.54, 1.807) is 38.1 Å². The smallest absolute Gasteiger partial charge is 0.340 e. The Morgan fingerprint density at radius 3 is 2.34 bits per heavy atom. The lowest BCUT2D eigenvalue weighted by Gasteiger charge is -2.36. The number of rotatable bonds is 5. The number of esters is 3. The standard InChI is InChI=1S/C22H24N2O8/c1-11(2)31-20(27)16-12(3)32-18(23)17(19(26)30-5)22(16)13-8-6-7-9-14(13)24(21(22)28)10-15(25)29-4/h6-9,11H,10,23H2,1-5H3/t22-/m0/s1. The second kappa shape index (κ2) is 8.37. The third-order valence-electron chi connectivity index (χ3n) is 5.23. The Labute approximate surface area is 184 Å². The van der Waals surface area contributed by atoms with Crippen LogP contribution >= 0.6 is 0 Å². The van der Waals surface area contributed by atoms with E-state index < -0.39 is 47.8 Å². The number of carbonyl (C=O) groups is 4. The molecule has 2 aliphatic heterocycles. The number of ether oxygens (including phenoxy) is 4. The third-order valence-corrected chi connectivity index (χ3v) is 5.23. The molecule has 0 saturated heterocycles. The lowest BCUT2D eigenvalue weighted by Crippen LogP contribution is -2.51. The Kier molecular flexibility index (Phi) is 5.98. The quantitative estimate of drug-likeness (QED) is 0.522. The zero-order valence-electron chi connectivity index (χ0n) is 18.4. The van der Waals surface area contributed by atoms with Crippen LogP contribution in [0.1, 0.15) is 26.3 Å². The fraction of sp³-hybridized carbons (Fsp3) is 0.364. The number of anilines is 1. The molecule has 0 saturated carbocycles. The van der Waals surface area contributed by atoms with Gasteiger partial charge in [-0.1, -0.05) is 18.2 Å². The highest BCUT2D eigenvalue weighted by Crippen LogP contribution is 2.54. The van der Waals surface area contributed by atoms with Crippen molar-refractivity contribution >= 4 is 29.5 Å². The molecule has 0 aromatic heterocycles. The highest BCUT2D eigenvalue weighted by molar-refractivity contribution is 6.23. The van der Waals surface area contributed by atoms with Gasteiger partial charge in [-0.2, -0.15) is 0 Å². The zero-order chi connectivity index (χ0) is 23.8. The number of para-hydroxylation sites is 1. The van der Waals surface area contributed by atoms with Gasteiger partial charge in [-0.25, -0.2) is 9.59 Å². The Morgan fingerprint density at radius 2 is 1.75 bits per heavy atom. The lowest BCUT2D eigenvalue weighted by molar-refractivity contribution is -0.145. The highest BCUT2D eigenvalue weighted by Gasteiger charge is 2.64. The Balaban J connectivity index is 2.40. The van der Waals surface area contributed by atoms with Gasteiger partial charge in [0, 0.05) is 11.3 Å². The summed E-state index contributed by atoms with van der Waals surface area (Å²) < 4.78 is 20.5. The number of nitrogens with two attached hydrogens (primary N) is 1. The molecule has 1 aromatic rings. The van der Waals surface area contributed by atoms with Crippen LogP contribution in [0.15, 0.2) is 47.1 Å². The third kappa shape index (κ3) is 3.28. The first-order valence-electron chi connectivity index (χ1n) is 9.78. The molecular formula is C22H24N2O8. The molecule has 2 heterocycles. The van der Waals surface area contributed by atoms with Crippen LogP contribution in [0.25, 0.3) is 0 Å². The molecular weight excluding hydrogens is 420 g/mol. The molecule has 10 nitrogen and oxygen atoms in total. The molecule has 2 N–H and O–H groups in total. The number of benzene rings is 1. The summed E-state index contributed by atoms with van der Waals surface area (Å²) in [5.41, 5.74) is 4.01. The predicted molar refractivity (Wildman–Crippen MR) is 111 cm³/mol. The second-order valence-corrected chi connectivity index (χ2v) is 7.45. The van der Waals surface area contributed by atoms with Crippen LogP contribution in [0.5, 0.6) is 0 Å². The summed E-state index contributed by atoms with van der Waals surface area (Å²) in [6.45, 7) is 4.28. The minimum atomic E-state index is -2.03. The molecule has 1 aromatic carbocycles. The summed E-state index contributed by atoms with van der Waals surface area (Å²) in [5.74, 6) is -3.68. The van der Waals surface area contributed by atoms with E-state index in [9.17, 15) is 19.2 Å². The van der Waals surface area contributed by atoms with Gasteiger partial charge < -0.3 is 24.7 Å². The van der Waals surface area contributed by atoms with Crippen molar-refractivity contribution in [2.45, 2.75) is 32.3 Å². The van der Waals surface area contributed by atoms with Crippen LogP contribution in [0.3, 0.4) is 0 Å². The van der Waals surface area contributed by atoms with Crippen molar-refractivity contribution in [1.82, 2.24) is 0 Å². The van der Waals surface area contributed by atoms with Crippen molar-refractivity contribution in [3.05, 3.63) is 52.6 Å². The average molecular weight is 444 g/mol. The predicted octanol–water partition coefficient (Wildman–Crippen LogP) is 1.04. The van der Waals surface area contributed by atoms with Crippen molar-refractivity contribution in [1.29, 1.82) is 0 Å². The zero-order valence-corrected chi connectivity index (χ0v) is 18.4. The average Bonchev–Trinajstić information content (AvgIpc) is 2.96. The van der Waals surface area contributed by atoms with Gasteiger partial charge in [-0.15, -0.1) is 0 Å². The molecule has 170 valence electrons. The maximum Gasteiger partial charge on any atom is 0.340 e. The molecule has 1 spiro atoms. The molecule has 1 amide bonds. The summed E-state index contributed by atoms with van der Waals surface area (Å²) in [6.07, 6.45) is -0.525. The first-order valence-corrected chi connectivity index (χ1v) is 9.78. The van der Waals surface area contributed by atoms with Crippen molar-refractivity contribution < 1.29 is 38.1 Å². The largest absolute Gasteiger partial charge is 0.468 e. The molecule has 0 unspecified atom stereocenters. The van der Waals surface area contributed by atoms with E-state index in [1.165, 1.54) is 14.0 Å². The summed E-state index contributed by atoms with van der Waals surface area (Å²) in [4.78, 5) is 53.4. The van der Waals surface area contributed by atoms with E-state index in [4.69, 9.17) is 24.7 Å². The number of methoxy groups -OCH3 is 2. The maximum atomic E-state index is 14.0. The summed E-state index contributed by atoms with van der Waals surface area (Å²) in [7, 11) is 2.30. The maximum absolute atomic E-state index is 14.0. The summed E-state index contributed by atoms with van der Waals surface area (Å²) in [5, 5.41) is 0. The van der Waals surface area contributed by atoms with E-state index in [0.29, 0.717) is 5.69 Å². The number of amides is 1. The molecule has 0 fully saturated rings. The summed E-state index contributed by atoms with van der Waals surface area (Å²) in [6, 6.07) is 6.45. The van der Waals surface area contributed by atoms with Gasteiger partial charge in [0.1, 0.15) is 28.9 Å². The molecule has 10 heteroatoms. The monoisotopic (exact) mass is 444 g/mol.